The van der Waals surface area contributed by atoms with E-state index in [0.717, 1.165) is 45.0 Å². The summed E-state index contributed by atoms with van der Waals surface area (Å²) in [7, 11) is 1.91. The Bertz CT molecular complexity index is 428. The Labute approximate surface area is 113 Å². The summed E-state index contributed by atoms with van der Waals surface area (Å²) < 4.78 is 13.2. The Kier molecular flexibility index (Phi) is 3.45. The van der Waals surface area contributed by atoms with Crippen LogP contribution in [0.3, 0.4) is 0 Å². The highest BCUT2D eigenvalue weighted by Gasteiger charge is 2.56. The number of aromatic nitrogens is 3. The van der Waals surface area contributed by atoms with Crippen LogP contribution in [0, 0.1) is 5.41 Å². The van der Waals surface area contributed by atoms with Gasteiger partial charge in [0.1, 0.15) is 6.33 Å². The van der Waals surface area contributed by atoms with Crippen molar-refractivity contribution in [1.29, 1.82) is 0 Å². The third-order valence-corrected chi connectivity index (χ3v) is 4.59. The summed E-state index contributed by atoms with van der Waals surface area (Å²) in [6.07, 6.45) is 5.10. The highest BCUT2D eigenvalue weighted by molar-refractivity contribution is 5.30. The average Bonchev–Trinajstić information content (AvgIpc) is 2.84. The number of anilines is 1. The molecule has 0 amide bonds. The van der Waals surface area contributed by atoms with Crippen LogP contribution < -0.4 is 5.32 Å². The predicted octanol–water partition coefficient (Wildman–Crippen LogP) is 1.20. The fraction of sp³-hybridized carbons (Fsp3) is 0.846. The van der Waals surface area contributed by atoms with E-state index in [9.17, 15) is 0 Å². The van der Waals surface area contributed by atoms with Crippen molar-refractivity contribution >= 4 is 5.95 Å². The van der Waals surface area contributed by atoms with Gasteiger partial charge in [-0.3, -0.25) is 0 Å². The molecule has 6 nitrogen and oxygen atoms in total. The van der Waals surface area contributed by atoms with Crippen LogP contribution in [0.4, 0.5) is 5.95 Å². The molecular formula is C13H22N4O2. The van der Waals surface area contributed by atoms with Gasteiger partial charge in [0.2, 0.25) is 5.95 Å². The minimum atomic E-state index is 0.209. The molecule has 1 aromatic rings. The molecule has 1 aliphatic carbocycles. The van der Waals surface area contributed by atoms with E-state index in [0.29, 0.717) is 12.1 Å². The first-order chi connectivity index (χ1) is 9.26. The second-order valence-electron chi connectivity index (χ2n) is 5.43. The van der Waals surface area contributed by atoms with Gasteiger partial charge in [0.05, 0.1) is 6.10 Å². The lowest BCUT2D eigenvalue weighted by atomic mass is 9.57. The molecule has 1 N–H and O–H groups in total. The van der Waals surface area contributed by atoms with E-state index < -0.39 is 0 Å². The molecule has 0 bridgehead atoms. The molecule has 0 aromatic carbocycles. The monoisotopic (exact) mass is 266 g/mol. The van der Waals surface area contributed by atoms with Crippen molar-refractivity contribution in [3.63, 3.8) is 0 Å². The van der Waals surface area contributed by atoms with Gasteiger partial charge >= 0.3 is 0 Å². The van der Waals surface area contributed by atoms with Crippen LogP contribution in [0.1, 0.15) is 26.2 Å². The van der Waals surface area contributed by atoms with Crippen LogP contribution in [0.25, 0.3) is 0 Å². The third-order valence-electron chi connectivity index (χ3n) is 4.59. The van der Waals surface area contributed by atoms with Gasteiger partial charge in [-0.2, -0.15) is 10.1 Å². The van der Waals surface area contributed by atoms with Crippen LogP contribution in [0.15, 0.2) is 6.33 Å². The lowest BCUT2D eigenvalue weighted by Gasteiger charge is -2.57. The van der Waals surface area contributed by atoms with Gasteiger partial charge in [-0.15, -0.1) is 0 Å². The predicted molar refractivity (Wildman–Crippen MR) is 70.9 cm³/mol. The van der Waals surface area contributed by atoms with E-state index in [1.165, 1.54) is 0 Å². The second-order valence-corrected chi connectivity index (χ2v) is 5.43. The molecule has 2 atom stereocenters. The zero-order valence-electron chi connectivity index (χ0n) is 11.6. The SMILES string of the molecule is CCO[C@@H]1C[C@@H](Nc2ncnn2C)C12CCOCC2. The average molecular weight is 266 g/mol. The van der Waals surface area contributed by atoms with Crippen molar-refractivity contribution in [1.82, 2.24) is 14.8 Å². The van der Waals surface area contributed by atoms with Crippen LogP contribution in [-0.2, 0) is 16.5 Å². The standard InChI is InChI=1S/C13H22N4O2/c1-3-19-11-8-10(13(11)4-6-18-7-5-13)16-12-14-9-15-17(12)2/h9-11H,3-8H2,1-2H3,(H,14,15,16)/t10-,11-/m1/s1. The van der Waals surface area contributed by atoms with Crippen molar-refractivity contribution in [3.8, 4) is 0 Å². The van der Waals surface area contributed by atoms with E-state index in [1.54, 1.807) is 11.0 Å². The molecule has 1 saturated heterocycles. The Morgan fingerprint density at radius 2 is 2.32 bits per heavy atom. The van der Waals surface area contributed by atoms with Crippen LogP contribution in [0.5, 0.6) is 0 Å². The van der Waals surface area contributed by atoms with Gasteiger partial charge in [0, 0.05) is 38.3 Å². The highest BCUT2D eigenvalue weighted by Crippen LogP contribution is 2.51. The van der Waals surface area contributed by atoms with E-state index in [4.69, 9.17) is 9.47 Å². The zero-order chi connectivity index (χ0) is 13.3. The smallest absolute Gasteiger partial charge is 0.221 e. The van der Waals surface area contributed by atoms with Crippen molar-refractivity contribution in [3.05, 3.63) is 6.33 Å². The summed E-state index contributed by atoms with van der Waals surface area (Å²) in [5, 5.41) is 7.63. The van der Waals surface area contributed by atoms with Crippen LogP contribution >= 0.6 is 0 Å². The topological polar surface area (TPSA) is 61.2 Å². The zero-order valence-corrected chi connectivity index (χ0v) is 11.6. The maximum atomic E-state index is 5.91. The number of nitrogens with one attached hydrogen (secondary N) is 1. The molecule has 6 heteroatoms. The summed E-state index contributed by atoms with van der Waals surface area (Å²) in [6.45, 7) is 4.52. The number of ether oxygens (including phenoxy) is 2. The number of rotatable bonds is 4. The molecule has 1 aliphatic heterocycles. The van der Waals surface area contributed by atoms with E-state index in [2.05, 4.69) is 22.3 Å². The fourth-order valence-corrected chi connectivity index (χ4v) is 3.39. The third kappa shape index (κ3) is 2.12. The maximum absolute atomic E-state index is 5.91. The van der Waals surface area contributed by atoms with E-state index in [1.807, 2.05) is 7.05 Å². The Hall–Kier alpha value is -1.14. The largest absolute Gasteiger partial charge is 0.381 e. The molecule has 0 unspecified atom stereocenters. The van der Waals surface area contributed by atoms with E-state index >= 15 is 0 Å². The second kappa shape index (κ2) is 5.09. The lowest BCUT2D eigenvalue weighted by molar-refractivity contribution is -0.159. The first-order valence-electron chi connectivity index (χ1n) is 7.06. The Morgan fingerprint density at radius 1 is 1.53 bits per heavy atom. The first kappa shape index (κ1) is 12.9. The summed E-state index contributed by atoms with van der Waals surface area (Å²) in [5.74, 6) is 0.839. The first-order valence-corrected chi connectivity index (χ1v) is 7.06. The quantitative estimate of drug-likeness (QED) is 0.887. The van der Waals surface area contributed by atoms with Crippen LogP contribution in [-0.4, -0.2) is 46.7 Å². The van der Waals surface area contributed by atoms with Gasteiger partial charge in [-0.25, -0.2) is 4.68 Å². The summed E-state index contributed by atoms with van der Waals surface area (Å²) >= 11 is 0. The van der Waals surface area contributed by atoms with Gasteiger partial charge in [-0.05, 0) is 26.2 Å². The molecule has 19 heavy (non-hydrogen) atoms. The van der Waals surface area contributed by atoms with Crippen molar-refractivity contribution < 1.29 is 9.47 Å². The molecule has 106 valence electrons. The molecular weight excluding hydrogens is 244 g/mol. The fourth-order valence-electron chi connectivity index (χ4n) is 3.39. The Morgan fingerprint density at radius 3 is 2.95 bits per heavy atom. The van der Waals surface area contributed by atoms with Crippen molar-refractivity contribution in [2.24, 2.45) is 12.5 Å². The number of nitrogens with zero attached hydrogens (tertiary/aromatic N) is 3. The van der Waals surface area contributed by atoms with Gasteiger partial charge < -0.3 is 14.8 Å². The Balaban J connectivity index is 1.73. The molecule has 1 saturated carbocycles. The summed E-state index contributed by atoms with van der Waals surface area (Å²) in [5.41, 5.74) is 0.209. The molecule has 2 heterocycles. The maximum Gasteiger partial charge on any atom is 0.221 e. The highest BCUT2D eigenvalue weighted by atomic mass is 16.5. The summed E-state index contributed by atoms with van der Waals surface area (Å²) in [6, 6.07) is 0.413. The molecule has 3 rings (SSSR count). The molecule has 2 aliphatic rings. The number of hydrogen-bond donors (Lipinski definition) is 1. The molecule has 0 radical (unpaired) electrons. The van der Waals surface area contributed by atoms with Crippen molar-refractivity contribution in [2.45, 2.75) is 38.3 Å². The summed E-state index contributed by atoms with van der Waals surface area (Å²) in [4.78, 5) is 4.26. The van der Waals surface area contributed by atoms with Gasteiger partial charge in [0.15, 0.2) is 0 Å². The van der Waals surface area contributed by atoms with E-state index in [-0.39, 0.29) is 5.41 Å². The van der Waals surface area contributed by atoms with Crippen LogP contribution in [0.2, 0.25) is 0 Å². The molecule has 1 aromatic heterocycles. The minimum Gasteiger partial charge on any atom is -0.381 e. The van der Waals surface area contributed by atoms with Gasteiger partial charge in [-0.1, -0.05) is 0 Å². The minimum absolute atomic E-state index is 0.209. The number of hydrogen-bond acceptors (Lipinski definition) is 5. The molecule has 2 fully saturated rings. The molecule has 1 spiro atoms. The normalized spacial score (nSPS) is 29.2. The number of aryl methyl sites for hydroxylation is 1. The van der Waals surface area contributed by atoms with Gasteiger partial charge in [0.25, 0.3) is 0 Å². The van der Waals surface area contributed by atoms with Crippen molar-refractivity contribution in [2.75, 3.05) is 25.1 Å². The lowest BCUT2D eigenvalue weighted by Crippen LogP contribution is -2.63.